The van der Waals surface area contributed by atoms with Crippen LogP contribution in [0, 0.1) is 6.92 Å². The predicted molar refractivity (Wildman–Crippen MR) is 55.3 cm³/mol. The maximum Gasteiger partial charge on any atom is 0.264 e. The molecule has 0 saturated heterocycles. The lowest BCUT2D eigenvalue weighted by Crippen LogP contribution is -1.96. The molecule has 0 unspecified atom stereocenters. The average molecular weight is 265 g/mol. The fourth-order valence-electron chi connectivity index (χ4n) is 1.27. The number of benzene rings is 1. The lowest BCUT2D eigenvalue weighted by molar-refractivity contribution is 0.150. The number of alkyl halides is 3. The van der Waals surface area contributed by atoms with Crippen LogP contribution in [0.1, 0.15) is 23.1 Å². The molecule has 0 spiro atoms. The molecule has 0 amide bonds. The first-order valence-electron chi connectivity index (χ1n) is 4.11. The molecular formula is C10H11BrF2O. The molecule has 78 valence electrons. The number of rotatable bonds is 3. The zero-order chi connectivity index (χ0) is 10.7. The molecule has 0 bridgehead atoms. The van der Waals surface area contributed by atoms with E-state index >= 15 is 0 Å². The van der Waals surface area contributed by atoms with Crippen LogP contribution in [0.3, 0.4) is 0 Å². The largest absolute Gasteiger partial charge is 0.496 e. The van der Waals surface area contributed by atoms with Gasteiger partial charge in [-0.05, 0) is 24.6 Å². The second-order valence-corrected chi connectivity index (χ2v) is 3.52. The predicted octanol–water partition coefficient (Wildman–Crippen LogP) is 3.84. The molecule has 0 aliphatic carbocycles. The first kappa shape index (κ1) is 11.4. The van der Waals surface area contributed by atoms with Gasteiger partial charge in [-0.2, -0.15) is 0 Å². The highest BCUT2D eigenvalue weighted by molar-refractivity contribution is 9.08. The Bertz CT molecular complexity index is 326. The second-order valence-electron chi connectivity index (χ2n) is 2.95. The quantitative estimate of drug-likeness (QED) is 0.754. The minimum absolute atomic E-state index is 0.0697. The summed E-state index contributed by atoms with van der Waals surface area (Å²) in [4.78, 5) is 0. The van der Waals surface area contributed by atoms with E-state index in [1.807, 2.05) is 0 Å². The first-order chi connectivity index (χ1) is 6.60. The highest BCUT2D eigenvalue weighted by Gasteiger charge is 2.14. The van der Waals surface area contributed by atoms with Crippen molar-refractivity contribution in [1.29, 1.82) is 0 Å². The summed E-state index contributed by atoms with van der Waals surface area (Å²) >= 11 is 3.23. The molecule has 0 N–H and O–H groups in total. The molecule has 0 radical (unpaired) electrons. The van der Waals surface area contributed by atoms with E-state index in [4.69, 9.17) is 4.74 Å². The van der Waals surface area contributed by atoms with Crippen LogP contribution in [0.4, 0.5) is 8.78 Å². The molecule has 1 nitrogen and oxygen atoms in total. The molecule has 1 rings (SSSR count). The Morgan fingerprint density at radius 3 is 2.50 bits per heavy atom. The molecule has 1 aromatic rings. The molecule has 4 heteroatoms. The van der Waals surface area contributed by atoms with Gasteiger partial charge in [0.25, 0.3) is 6.43 Å². The minimum atomic E-state index is -2.43. The number of halogens is 3. The van der Waals surface area contributed by atoms with Gasteiger partial charge in [0, 0.05) is 16.5 Å². The third-order valence-electron chi connectivity index (χ3n) is 2.05. The van der Waals surface area contributed by atoms with E-state index in [-0.39, 0.29) is 5.56 Å². The first-order valence-corrected chi connectivity index (χ1v) is 5.23. The van der Waals surface area contributed by atoms with Gasteiger partial charge in [-0.15, -0.1) is 0 Å². The van der Waals surface area contributed by atoms with Gasteiger partial charge in [0.15, 0.2) is 0 Å². The molecule has 14 heavy (non-hydrogen) atoms. The molecule has 0 aliphatic heterocycles. The van der Waals surface area contributed by atoms with E-state index in [9.17, 15) is 8.78 Å². The van der Waals surface area contributed by atoms with Crippen molar-refractivity contribution in [3.8, 4) is 5.75 Å². The third-order valence-corrected chi connectivity index (χ3v) is 2.65. The summed E-state index contributed by atoms with van der Waals surface area (Å²) in [6.07, 6.45) is -2.43. The molecule has 0 aromatic heterocycles. The monoisotopic (exact) mass is 264 g/mol. The molecule has 0 heterocycles. The van der Waals surface area contributed by atoms with Crippen LogP contribution < -0.4 is 4.74 Å². The summed E-state index contributed by atoms with van der Waals surface area (Å²) in [6, 6.07) is 3.12. The fraction of sp³-hybridized carbons (Fsp3) is 0.400. The van der Waals surface area contributed by atoms with Crippen LogP contribution in [0.15, 0.2) is 12.1 Å². The zero-order valence-electron chi connectivity index (χ0n) is 7.98. The van der Waals surface area contributed by atoms with Gasteiger partial charge >= 0.3 is 0 Å². The summed E-state index contributed by atoms with van der Waals surface area (Å²) in [5.41, 5.74) is 1.37. The second kappa shape index (κ2) is 4.73. The maximum atomic E-state index is 12.5. The van der Waals surface area contributed by atoms with E-state index < -0.39 is 6.43 Å². The van der Waals surface area contributed by atoms with Crippen molar-refractivity contribution < 1.29 is 13.5 Å². The Labute approximate surface area is 90.2 Å². The highest BCUT2D eigenvalue weighted by atomic mass is 79.9. The number of hydrogen-bond donors (Lipinski definition) is 0. The summed E-state index contributed by atoms with van der Waals surface area (Å²) in [5, 5.41) is 0.510. The van der Waals surface area contributed by atoms with Crippen LogP contribution in [-0.2, 0) is 5.33 Å². The molecule has 0 atom stereocenters. The summed E-state index contributed by atoms with van der Waals surface area (Å²) in [5.74, 6) is 0.642. The lowest BCUT2D eigenvalue weighted by Gasteiger charge is -2.11. The summed E-state index contributed by atoms with van der Waals surface area (Å²) in [6.45, 7) is 1.65. The zero-order valence-corrected chi connectivity index (χ0v) is 9.57. The number of methoxy groups -OCH3 is 1. The van der Waals surface area contributed by atoms with E-state index in [0.29, 0.717) is 16.6 Å². The van der Waals surface area contributed by atoms with E-state index in [1.54, 1.807) is 13.0 Å². The third kappa shape index (κ3) is 2.23. The van der Waals surface area contributed by atoms with Crippen molar-refractivity contribution in [3.05, 3.63) is 28.8 Å². The average Bonchev–Trinajstić information content (AvgIpc) is 2.16. The smallest absolute Gasteiger partial charge is 0.264 e. The normalized spacial score (nSPS) is 10.7. The Hall–Kier alpha value is -0.640. The molecule has 0 saturated carbocycles. The Kier molecular flexibility index (Phi) is 3.86. The van der Waals surface area contributed by atoms with Gasteiger partial charge in [0.2, 0.25) is 0 Å². The molecule has 0 aliphatic rings. The van der Waals surface area contributed by atoms with Crippen LogP contribution in [0.25, 0.3) is 0 Å². The van der Waals surface area contributed by atoms with Crippen molar-refractivity contribution in [3.63, 3.8) is 0 Å². The van der Waals surface area contributed by atoms with Gasteiger partial charge in [-0.3, -0.25) is 0 Å². The van der Waals surface area contributed by atoms with Crippen LogP contribution in [0.5, 0.6) is 5.75 Å². The maximum absolute atomic E-state index is 12.5. The SMILES string of the molecule is COc1cc(C)c(C(F)F)cc1CBr. The number of ether oxygens (including phenoxy) is 1. The molecular weight excluding hydrogens is 254 g/mol. The van der Waals surface area contributed by atoms with Crippen LogP contribution >= 0.6 is 15.9 Å². The van der Waals surface area contributed by atoms with Crippen molar-refractivity contribution in [1.82, 2.24) is 0 Å². The lowest BCUT2D eigenvalue weighted by atomic mass is 10.1. The van der Waals surface area contributed by atoms with E-state index in [1.165, 1.54) is 13.2 Å². The van der Waals surface area contributed by atoms with Gasteiger partial charge < -0.3 is 4.74 Å². The Morgan fingerprint density at radius 2 is 2.07 bits per heavy atom. The van der Waals surface area contributed by atoms with Crippen molar-refractivity contribution >= 4 is 15.9 Å². The topological polar surface area (TPSA) is 9.23 Å². The van der Waals surface area contributed by atoms with Crippen molar-refractivity contribution in [2.75, 3.05) is 7.11 Å². The van der Waals surface area contributed by atoms with Gasteiger partial charge in [-0.1, -0.05) is 15.9 Å². The molecule has 1 aromatic carbocycles. The fourth-order valence-corrected chi connectivity index (χ4v) is 1.71. The number of aryl methyl sites for hydroxylation is 1. The Morgan fingerprint density at radius 1 is 1.43 bits per heavy atom. The standard InChI is InChI=1S/C10H11BrF2O/c1-6-3-9(14-2)7(5-11)4-8(6)10(12)13/h3-4,10H,5H2,1-2H3. The van der Waals surface area contributed by atoms with Crippen molar-refractivity contribution in [2.45, 2.75) is 18.7 Å². The summed E-state index contributed by atoms with van der Waals surface area (Å²) in [7, 11) is 1.53. The summed E-state index contributed by atoms with van der Waals surface area (Å²) < 4.78 is 30.1. The van der Waals surface area contributed by atoms with Crippen molar-refractivity contribution in [2.24, 2.45) is 0 Å². The molecule has 0 fully saturated rings. The number of hydrogen-bond acceptors (Lipinski definition) is 1. The van der Waals surface area contributed by atoms with Crippen LogP contribution in [-0.4, -0.2) is 7.11 Å². The van der Waals surface area contributed by atoms with E-state index in [0.717, 1.165) is 5.56 Å². The van der Waals surface area contributed by atoms with Crippen LogP contribution in [0.2, 0.25) is 0 Å². The van der Waals surface area contributed by atoms with Gasteiger partial charge in [0.05, 0.1) is 7.11 Å². The van der Waals surface area contributed by atoms with E-state index in [2.05, 4.69) is 15.9 Å². The minimum Gasteiger partial charge on any atom is -0.496 e. The highest BCUT2D eigenvalue weighted by Crippen LogP contribution is 2.30. The van der Waals surface area contributed by atoms with Gasteiger partial charge in [-0.25, -0.2) is 8.78 Å². The van der Waals surface area contributed by atoms with Gasteiger partial charge in [0.1, 0.15) is 5.75 Å². The Balaban J connectivity index is 3.23.